The first-order valence-electron chi connectivity index (χ1n) is 10.2. The van der Waals surface area contributed by atoms with Crippen LogP contribution in [0.2, 0.25) is 0 Å². The van der Waals surface area contributed by atoms with E-state index < -0.39 is 71.1 Å². The predicted octanol–water partition coefficient (Wildman–Crippen LogP) is 7.38. The van der Waals surface area contributed by atoms with Crippen LogP contribution in [0.25, 0.3) is 11.1 Å². The van der Waals surface area contributed by atoms with Gasteiger partial charge in [0.1, 0.15) is 17.4 Å². The van der Waals surface area contributed by atoms with Gasteiger partial charge < -0.3 is 14.2 Å². The van der Waals surface area contributed by atoms with Gasteiger partial charge in [0, 0.05) is 12.1 Å². The first kappa shape index (κ1) is 26.0. The van der Waals surface area contributed by atoms with Gasteiger partial charge in [0.25, 0.3) is 0 Å². The molecule has 0 aromatic heterocycles. The summed E-state index contributed by atoms with van der Waals surface area (Å²) in [4.78, 5) is 0. The van der Waals surface area contributed by atoms with Gasteiger partial charge in [-0.2, -0.15) is 8.78 Å². The summed E-state index contributed by atoms with van der Waals surface area (Å²) in [7, 11) is 0. The van der Waals surface area contributed by atoms with E-state index in [0.717, 1.165) is 12.8 Å². The Hall–Kier alpha value is -2.63. The Morgan fingerprint density at radius 1 is 0.765 bits per heavy atom. The smallest absolute Gasteiger partial charge is 0.431 e. The van der Waals surface area contributed by atoms with Crippen molar-refractivity contribution in [3.63, 3.8) is 0 Å². The minimum Gasteiger partial charge on any atom is -0.431 e. The third-order valence-corrected chi connectivity index (χ3v) is 5.24. The maximum Gasteiger partial charge on any atom is 0.573 e. The normalized spacial score (nSPS) is 19.2. The van der Waals surface area contributed by atoms with Gasteiger partial charge in [-0.1, -0.05) is 6.92 Å². The molecule has 0 N–H and O–H groups in total. The van der Waals surface area contributed by atoms with Crippen LogP contribution in [0.3, 0.4) is 0 Å². The zero-order chi connectivity index (χ0) is 25.3. The molecule has 0 amide bonds. The molecule has 1 aliphatic rings. The van der Waals surface area contributed by atoms with E-state index >= 15 is 0 Å². The summed E-state index contributed by atoms with van der Waals surface area (Å²) < 4.78 is 134. The average Bonchev–Trinajstić information content (AvgIpc) is 2.69. The van der Waals surface area contributed by atoms with Crippen LogP contribution < -0.4 is 9.47 Å². The molecule has 12 heteroatoms. The summed E-state index contributed by atoms with van der Waals surface area (Å²) in [5.74, 6) is -9.13. The van der Waals surface area contributed by atoms with E-state index in [0.29, 0.717) is 30.9 Å². The van der Waals surface area contributed by atoms with Crippen LogP contribution in [0.5, 0.6) is 11.5 Å². The summed E-state index contributed by atoms with van der Waals surface area (Å²) in [6.07, 6.45) is -6.92. The zero-order valence-electron chi connectivity index (χ0n) is 17.6. The monoisotopic (exact) mass is 502 g/mol. The fraction of sp³-hybridized carbons (Fsp3) is 0.455. The largest absolute Gasteiger partial charge is 0.573 e. The van der Waals surface area contributed by atoms with Crippen LogP contribution in [-0.4, -0.2) is 25.2 Å². The summed E-state index contributed by atoms with van der Waals surface area (Å²) in [6.45, 7) is 0.877. The van der Waals surface area contributed by atoms with Crippen molar-refractivity contribution in [2.45, 2.75) is 51.2 Å². The van der Waals surface area contributed by atoms with Gasteiger partial charge >= 0.3 is 12.5 Å². The molecular formula is C22H19F9O3. The Balaban J connectivity index is 1.76. The van der Waals surface area contributed by atoms with E-state index in [1.807, 2.05) is 6.92 Å². The van der Waals surface area contributed by atoms with Gasteiger partial charge in [-0.05, 0) is 49.3 Å². The number of ether oxygens (including phenoxy) is 3. The first-order chi connectivity index (χ1) is 15.7. The third kappa shape index (κ3) is 6.71. The molecule has 0 saturated heterocycles. The van der Waals surface area contributed by atoms with Crippen LogP contribution in [0.15, 0.2) is 24.3 Å². The van der Waals surface area contributed by atoms with E-state index in [9.17, 15) is 39.5 Å². The van der Waals surface area contributed by atoms with Crippen molar-refractivity contribution in [1.82, 2.24) is 0 Å². The zero-order valence-corrected chi connectivity index (χ0v) is 17.6. The van der Waals surface area contributed by atoms with Gasteiger partial charge in [0.05, 0.1) is 11.7 Å². The standard InChI is InChI=1S/C22H19F9O3/c1-11-2-4-13(5-3-11)32-10-21(27,28)33-14-8-15(23)19(16(24)9-14)12-6-17(25)20(18(26)7-12)34-22(29,30)31/h6-9,11,13H,2-5,10H2,1H3. The van der Waals surface area contributed by atoms with Crippen LogP contribution in [0, 0.1) is 29.2 Å². The molecule has 0 heterocycles. The molecule has 3 rings (SSSR count). The average molecular weight is 502 g/mol. The minimum absolute atomic E-state index is 0.208. The number of hydrogen-bond acceptors (Lipinski definition) is 3. The highest BCUT2D eigenvalue weighted by atomic mass is 19.4. The van der Waals surface area contributed by atoms with E-state index in [1.54, 1.807) is 0 Å². The summed E-state index contributed by atoms with van der Waals surface area (Å²) in [5, 5.41) is 0. The van der Waals surface area contributed by atoms with E-state index in [1.165, 1.54) is 0 Å². The van der Waals surface area contributed by atoms with E-state index in [4.69, 9.17) is 4.74 Å². The fourth-order valence-electron chi connectivity index (χ4n) is 3.61. The lowest BCUT2D eigenvalue weighted by atomic mass is 9.89. The molecule has 0 aliphatic heterocycles. The highest BCUT2D eigenvalue weighted by Crippen LogP contribution is 2.37. The summed E-state index contributed by atoms with van der Waals surface area (Å²) >= 11 is 0. The molecule has 2 aromatic carbocycles. The highest BCUT2D eigenvalue weighted by molar-refractivity contribution is 5.67. The Bertz CT molecular complexity index is 969. The number of hydrogen-bond donors (Lipinski definition) is 0. The fourth-order valence-corrected chi connectivity index (χ4v) is 3.61. The summed E-state index contributed by atoms with van der Waals surface area (Å²) in [5.41, 5.74) is -1.90. The Labute approximate surface area is 188 Å². The molecule has 0 radical (unpaired) electrons. The Morgan fingerprint density at radius 3 is 1.79 bits per heavy atom. The van der Waals surface area contributed by atoms with Crippen molar-refractivity contribution in [3.05, 3.63) is 47.5 Å². The summed E-state index contributed by atoms with van der Waals surface area (Å²) in [6, 6.07) is 1.12. The third-order valence-electron chi connectivity index (χ3n) is 5.24. The number of rotatable bonds is 7. The Kier molecular flexibility index (Phi) is 7.59. The van der Waals surface area contributed by atoms with Gasteiger partial charge in [0.15, 0.2) is 18.2 Å². The lowest BCUT2D eigenvalue weighted by molar-refractivity contribution is -0.276. The van der Waals surface area contributed by atoms with Crippen LogP contribution in [-0.2, 0) is 4.74 Å². The van der Waals surface area contributed by atoms with Gasteiger partial charge in [-0.3, -0.25) is 0 Å². The molecule has 3 nitrogen and oxygen atoms in total. The van der Waals surface area contributed by atoms with Crippen molar-refractivity contribution in [1.29, 1.82) is 0 Å². The maximum absolute atomic E-state index is 14.5. The van der Waals surface area contributed by atoms with Crippen molar-refractivity contribution < 1.29 is 53.7 Å². The van der Waals surface area contributed by atoms with Gasteiger partial charge in [-0.25, -0.2) is 17.6 Å². The van der Waals surface area contributed by atoms with Gasteiger partial charge in [0.2, 0.25) is 5.75 Å². The number of benzene rings is 2. The van der Waals surface area contributed by atoms with Crippen molar-refractivity contribution in [2.24, 2.45) is 5.92 Å². The molecular weight excluding hydrogens is 483 g/mol. The molecule has 188 valence electrons. The quantitative estimate of drug-likeness (QED) is 0.370. The molecule has 0 spiro atoms. The second-order valence-corrected chi connectivity index (χ2v) is 8.01. The van der Waals surface area contributed by atoms with Crippen LogP contribution in [0.4, 0.5) is 39.5 Å². The molecule has 0 bridgehead atoms. The minimum atomic E-state index is -5.41. The molecule has 1 fully saturated rings. The Morgan fingerprint density at radius 2 is 1.29 bits per heavy atom. The molecule has 34 heavy (non-hydrogen) atoms. The van der Waals surface area contributed by atoms with Gasteiger partial charge in [-0.15, -0.1) is 13.2 Å². The second kappa shape index (κ2) is 9.93. The predicted molar refractivity (Wildman–Crippen MR) is 101 cm³/mol. The molecule has 0 atom stereocenters. The first-order valence-corrected chi connectivity index (χ1v) is 10.2. The van der Waals surface area contributed by atoms with Crippen molar-refractivity contribution >= 4 is 0 Å². The van der Waals surface area contributed by atoms with E-state index in [2.05, 4.69) is 9.47 Å². The molecule has 0 unspecified atom stereocenters. The maximum atomic E-state index is 14.5. The van der Waals surface area contributed by atoms with Crippen LogP contribution in [0.1, 0.15) is 32.6 Å². The molecule has 2 aromatic rings. The van der Waals surface area contributed by atoms with Crippen LogP contribution >= 0.6 is 0 Å². The SMILES string of the molecule is CC1CCC(OCC(F)(F)Oc2cc(F)c(-c3cc(F)c(OC(F)(F)F)c(F)c3)c(F)c2)CC1. The van der Waals surface area contributed by atoms with Crippen molar-refractivity contribution in [2.75, 3.05) is 6.61 Å². The topological polar surface area (TPSA) is 27.7 Å². The number of halogens is 9. The lowest BCUT2D eigenvalue weighted by Gasteiger charge is -2.28. The molecule has 1 saturated carbocycles. The van der Waals surface area contributed by atoms with E-state index in [-0.39, 0.29) is 12.1 Å². The lowest BCUT2D eigenvalue weighted by Crippen LogP contribution is -2.34. The molecule has 1 aliphatic carbocycles. The number of alkyl halides is 5. The highest BCUT2D eigenvalue weighted by Gasteiger charge is 2.36. The van der Waals surface area contributed by atoms with Crippen molar-refractivity contribution in [3.8, 4) is 22.6 Å². The second-order valence-electron chi connectivity index (χ2n) is 8.01.